The summed E-state index contributed by atoms with van der Waals surface area (Å²) < 4.78 is 0. The van der Waals surface area contributed by atoms with Crippen LogP contribution in [0.4, 0.5) is 5.69 Å². The number of allylic oxidation sites excluding steroid dienone is 4. The van der Waals surface area contributed by atoms with E-state index in [9.17, 15) is 0 Å². The van der Waals surface area contributed by atoms with Crippen LogP contribution < -0.4 is 5.32 Å². The Bertz CT molecular complexity index is 840. The SMILES string of the molecule is C=C(C)/C1=C(\C(=C)C=N)c2ccccc2NCc2ccccc21. The molecule has 3 rings (SSSR count). The van der Waals surface area contributed by atoms with E-state index in [-0.39, 0.29) is 0 Å². The summed E-state index contributed by atoms with van der Waals surface area (Å²) in [6, 6.07) is 16.5. The Labute approximate surface area is 137 Å². The maximum Gasteiger partial charge on any atom is 0.0422 e. The van der Waals surface area contributed by atoms with E-state index in [1.807, 2.05) is 25.1 Å². The fourth-order valence-electron chi connectivity index (χ4n) is 3.08. The van der Waals surface area contributed by atoms with Crippen molar-refractivity contribution < 1.29 is 0 Å². The molecule has 2 heteroatoms. The van der Waals surface area contributed by atoms with Gasteiger partial charge < -0.3 is 10.7 Å². The first-order valence-electron chi connectivity index (χ1n) is 7.65. The second kappa shape index (κ2) is 6.09. The Morgan fingerprint density at radius 2 is 1.65 bits per heavy atom. The van der Waals surface area contributed by atoms with Gasteiger partial charge >= 0.3 is 0 Å². The van der Waals surface area contributed by atoms with Crippen LogP contribution in [0.2, 0.25) is 0 Å². The first kappa shape index (κ1) is 15.0. The molecule has 0 spiro atoms. The molecule has 2 aromatic rings. The van der Waals surface area contributed by atoms with Gasteiger partial charge in [-0.25, -0.2) is 0 Å². The van der Waals surface area contributed by atoms with Gasteiger partial charge in [-0.2, -0.15) is 0 Å². The number of fused-ring (bicyclic) bond motifs is 2. The van der Waals surface area contributed by atoms with E-state index in [4.69, 9.17) is 5.41 Å². The number of benzene rings is 2. The third-order valence-corrected chi connectivity index (χ3v) is 4.12. The summed E-state index contributed by atoms with van der Waals surface area (Å²) in [6.45, 7) is 11.1. The van der Waals surface area contributed by atoms with Crippen LogP contribution in [0.1, 0.15) is 23.6 Å². The number of anilines is 1. The lowest BCUT2D eigenvalue weighted by molar-refractivity contribution is 1.13. The molecule has 0 aliphatic carbocycles. The van der Waals surface area contributed by atoms with Crippen LogP contribution in [0.3, 0.4) is 0 Å². The molecule has 0 atom stereocenters. The average Bonchev–Trinajstić information content (AvgIpc) is 2.56. The third-order valence-electron chi connectivity index (χ3n) is 4.12. The Hall–Kier alpha value is -2.87. The minimum absolute atomic E-state index is 0.689. The van der Waals surface area contributed by atoms with E-state index >= 15 is 0 Å². The summed E-state index contributed by atoms with van der Waals surface area (Å²) in [4.78, 5) is 0. The van der Waals surface area contributed by atoms with Gasteiger partial charge in [0.05, 0.1) is 0 Å². The molecule has 23 heavy (non-hydrogen) atoms. The molecular weight excluding hydrogens is 280 g/mol. The molecule has 0 amide bonds. The number of para-hydroxylation sites is 1. The summed E-state index contributed by atoms with van der Waals surface area (Å²) in [5.74, 6) is 0. The van der Waals surface area contributed by atoms with Gasteiger partial charge in [0.2, 0.25) is 0 Å². The zero-order chi connectivity index (χ0) is 16.4. The fourth-order valence-corrected chi connectivity index (χ4v) is 3.08. The first-order chi connectivity index (χ1) is 11.1. The molecular formula is C21H20N2. The molecule has 0 fully saturated rings. The summed E-state index contributed by atoms with van der Waals surface area (Å²) in [7, 11) is 0. The zero-order valence-electron chi connectivity index (χ0n) is 13.3. The van der Waals surface area contributed by atoms with Crippen molar-refractivity contribution in [3.63, 3.8) is 0 Å². The quantitative estimate of drug-likeness (QED) is 0.741. The minimum Gasteiger partial charge on any atom is -0.380 e. The van der Waals surface area contributed by atoms with Crippen molar-refractivity contribution in [2.24, 2.45) is 0 Å². The number of hydrogen-bond donors (Lipinski definition) is 2. The molecule has 0 bridgehead atoms. The normalized spacial score (nSPS) is 16.2. The van der Waals surface area contributed by atoms with Crippen LogP contribution in [0.5, 0.6) is 0 Å². The molecule has 0 aromatic heterocycles. The third kappa shape index (κ3) is 2.64. The van der Waals surface area contributed by atoms with Crippen molar-refractivity contribution in [2.75, 3.05) is 5.32 Å². The molecule has 114 valence electrons. The van der Waals surface area contributed by atoms with Crippen LogP contribution >= 0.6 is 0 Å². The lowest BCUT2D eigenvalue weighted by Gasteiger charge is -2.25. The molecule has 1 aliphatic rings. The van der Waals surface area contributed by atoms with Gasteiger partial charge in [-0.1, -0.05) is 55.6 Å². The lowest BCUT2D eigenvalue weighted by atomic mass is 9.83. The smallest absolute Gasteiger partial charge is 0.0422 e. The first-order valence-corrected chi connectivity index (χ1v) is 7.65. The lowest BCUT2D eigenvalue weighted by Crippen LogP contribution is -2.10. The highest BCUT2D eigenvalue weighted by Gasteiger charge is 2.21. The summed E-state index contributed by atoms with van der Waals surface area (Å²) in [5.41, 5.74) is 8.20. The van der Waals surface area contributed by atoms with Crippen LogP contribution in [0.25, 0.3) is 11.1 Å². The zero-order valence-corrected chi connectivity index (χ0v) is 13.3. The second-order valence-corrected chi connectivity index (χ2v) is 5.76. The number of rotatable bonds is 3. The maximum absolute atomic E-state index is 7.72. The topological polar surface area (TPSA) is 35.9 Å². The van der Waals surface area contributed by atoms with Crippen LogP contribution in [0.15, 0.2) is 72.8 Å². The molecule has 0 saturated heterocycles. The fraction of sp³-hybridized carbons (Fsp3) is 0.0952. The Morgan fingerprint density at radius 3 is 2.35 bits per heavy atom. The Kier molecular flexibility index (Phi) is 3.98. The van der Waals surface area contributed by atoms with E-state index in [1.54, 1.807) is 0 Å². The Morgan fingerprint density at radius 1 is 1.00 bits per heavy atom. The molecule has 2 N–H and O–H groups in total. The highest BCUT2D eigenvalue weighted by molar-refractivity contribution is 6.14. The van der Waals surface area contributed by atoms with E-state index in [0.717, 1.165) is 40.1 Å². The van der Waals surface area contributed by atoms with Crippen molar-refractivity contribution >= 4 is 23.0 Å². The highest BCUT2D eigenvalue weighted by atomic mass is 14.9. The van der Waals surface area contributed by atoms with E-state index in [1.165, 1.54) is 11.8 Å². The van der Waals surface area contributed by atoms with Gasteiger partial charge in [-0.15, -0.1) is 0 Å². The summed E-state index contributed by atoms with van der Waals surface area (Å²) >= 11 is 0. The van der Waals surface area contributed by atoms with Crippen molar-refractivity contribution in [1.29, 1.82) is 5.41 Å². The molecule has 2 nitrogen and oxygen atoms in total. The van der Waals surface area contributed by atoms with E-state index in [2.05, 4.69) is 48.8 Å². The predicted octanol–water partition coefficient (Wildman–Crippen LogP) is 5.30. The predicted molar refractivity (Wildman–Crippen MR) is 99.8 cm³/mol. The monoisotopic (exact) mass is 300 g/mol. The standard InChI is InChI=1S/C21H20N2/c1-14(2)20-17-9-5-4-8-16(17)13-23-19-11-7-6-10-18(19)21(20)15(3)12-22/h4-12,22-23H,1,3,13H2,2H3/b21-20-,22-12?. The van der Waals surface area contributed by atoms with E-state index in [0.29, 0.717) is 5.57 Å². The molecule has 0 saturated carbocycles. The number of nitrogens with one attached hydrogen (secondary N) is 2. The number of hydrogen-bond acceptors (Lipinski definition) is 2. The van der Waals surface area contributed by atoms with Crippen LogP contribution in [0, 0.1) is 5.41 Å². The highest BCUT2D eigenvalue weighted by Crippen LogP contribution is 2.40. The largest absolute Gasteiger partial charge is 0.380 e. The van der Waals surface area contributed by atoms with Crippen LogP contribution in [-0.4, -0.2) is 6.21 Å². The minimum atomic E-state index is 0.689. The molecule has 2 aromatic carbocycles. The van der Waals surface area contributed by atoms with Gasteiger partial charge in [-0.3, -0.25) is 0 Å². The molecule has 1 heterocycles. The van der Waals surface area contributed by atoms with Crippen molar-refractivity contribution in [3.8, 4) is 0 Å². The second-order valence-electron chi connectivity index (χ2n) is 5.76. The Balaban J connectivity index is 2.45. The van der Waals surface area contributed by atoms with Crippen molar-refractivity contribution in [3.05, 3.63) is 89.5 Å². The van der Waals surface area contributed by atoms with Gasteiger partial charge in [0, 0.05) is 24.0 Å². The average molecular weight is 300 g/mol. The summed E-state index contributed by atoms with van der Waals surface area (Å²) in [5, 5.41) is 11.2. The molecule has 0 radical (unpaired) electrons. The van der Waals surface area contributed by atoms with Gasteiger partial charge in [-0.05, 0) is 46.4 Å². The molecule has 0 unspecified atom stereocenters. The van der Waals surface area contributed by atoms with Crippen molar-refractivity contribution in [1.82, 2.24) is 0 Å². The summed E-state index contributed by atoms with van der Waals surface area (Å²) in [6.07, 6.45) is 1.32. The van der Waals surface area contributed by atoms with Crippen LogP contribution in [-0.2, 0) is 6.54 Å². The van der Waals surface area contributed by atoms with E-state index < -0.39 is 0 Å². The molecule has 1 aliphatic heterocycles. The van der Waals surface area contributed by atoms with Gasteiger partial charge in [0.1, 0.15) is 0 Å². The van der Waals surface area contributed by atoms with Crippen molar-refractivity contribution in [2.45, 2.75) is 13.5 Å². The van der Waals surface area contributed by atoms with Gasteiger partial charge in [0.15, 0.2) is 0 Å². The maximum atomic E-state index is 7.72. The van der Waals surface area contributed by atoms with Gasteiger partial charge in [0.25, 0.3) is 0 Å².